The lowest BCUT2D eigenvalue weighted by molar-refractivity contribution is -0.137. The first-order valence-electron chi connectivity index (χ1n) is 6.61. The molecule has 6 heteroatoms. The van der Waals surface area contributed by atoms with Crippen molar-refractivity contribution in [3.63, 3.8) is 0 Å². The van der Waals surface area contributed by atoms with E-state index in [1.54, 1.807) is 26.2 Å². The highest BCUT2D eigenvalue weighted by Gasteiger charge is 2.22. The van der Waals surface area contributed by atoms with Gasteiger partial charge in [0.1, 0.15) is 5.76 Å². The molecule has 0 aliphatic rings. The van der Waals surface area contributed by atoms with E-state index >= 15 is 0 Å². The van der Waals surface area contributed by atoms with Gasteiger partial charge in [0, 0.05) is 24.4 Å². The zero-order chi connectivity index (χ0) is 15.2. The standard InChI is InChI=1S/C14H22N2O4/c1-10(9-11-5-4-8-20-11)15-13(19)16-14(2,3)7-6-12(17)18/h4-5,8,10H,6-7,9H2,1-3H3,(H,17,18)(H2,15,16,19). The van der Waals surface area contributed by atoms with E-state index in [4.69, 9.17) is 9.52 Å². The molecular weight excluding hydrogens is 260 g/mol. The van der Waals surface area contributed by atoms with Crippen LogP contribution in [0, 0.1) is 0 Å². The van der Waals surface area contributed by atoms with Gasteiger partial charge in [0.25, 0.3) is 0 Å². The number of hydrogen-bond donors (Lipinski definition) is 3. The van der Waals surface area contributed by atoms with Crippen LogP contribution >= 0.6 is 0 Å². The molecule has 0 saturated heterocycles. The van der Waals surface area contributed by atoms with E-state index in [1.807, 2.05) is 13.0 Å². The van der Waals surface area contributed by atoms with E-state index in [0.717, 1.165) is 5.76 Å². The monoisotopic (exact) mass is 282 g/mol. The van der Waals surface area contributed by atoms with Gasteiger partial charge in [-0.25, -0.2) is 4.79 Å². The molecule has 0 radical (unpaired) electrons. The molecule has 1 aromatic rings. The Morgan fingerprint density at radius 2 is 2.15 bits per heavy atom. The number of urea groups is 1. The van der Waals surface area contributed by atoms with Crippen molar-refractivity contribution in [1.82, 2.24) is 10.6 Å². The molecule has 1 rings (SSSR count). The SMILES string of the molecule is CC(Cc1ccco1)NC(=O)NC(C)(C)CCC(=O)O. The van der Waals surface area contributed by atoms with Crippen LogP contribution in [0.4, 0.5) is 4.79 Å². The van der Waals surface area contributed by atoms with Gasteiger partial charge in [-0.2, -0.15) is 0 Å². The van der Waals surface area contributed by atoms with Crippen molar-refractivity contribution < 1.29 is 19.1 Å². The van der Waals surface area contributed by atoms with E-state index in [1.165, 1.54) is 0 Å². The summed E-state index contributed by atoms with van der Waals surface area (Å²) in [6.07, 6.45) is 2.60. The lowest BCUT2D eigenvalue weighted by atomic mass is 9.99. The second-order valence-electron chi connectivity index (χ2n) is 5.56. The number of amides is 2. The Morgan fingerprint density at radius 1 is 1.45 bits per heavy atom. The molecule has 20 heavy (non-hydrogen) atoms. The number of aliphatic carboxylic acids is 1. The normalized spacial score (nSPS) is 12.8. The summed E-state index contributed by atoms with van der Waals surface area (Å²) < 4.78 is 5.21. The van der Waals surface area contributed by atoms with E-state index < -0.39 is 11.5 Å². The molecule has 2 amide bonds. The molecule has 3 N–H and O–H groups in total. The number of rotatable bonds is 7. The summed E-state index contributed by atoms with van der Waals surface area (Å²) in [6.45, 7) is 5.48. The maximum Gasteiger partial charge on any atom is 0.315 e. The van der Waals surface area contributed by atoms with Crippen molar-refractivity contribution in [3.8, 4) is 0 Å². The number of carbonyl (C=O) groups excluding carboxylic acids is 1. The van der Waals surface area contributed by atoms with Crippen LogP contribution in [0.15, 0.2) is 22.8 Å². The number of nitrogens with one attached hydrogen (secondary N) is 2. The molecule has 0 aromatic carbocycles. The number of carbonyl (C=O) groups is 2. The molecule has 1 unspecified atom stereocenters. The third kappa shape index (κ3) is 6.26. The third-order valence-corrected chi connectivity index (χ3v) is 2.88. The largest absolute Gasteiger partial charge is 0.481 e. The molecular formula is C14H22N2O4. The van der Waals surface area contributed by atoms with Crippen molar-refractivity contribution in [2.75, 3.05) is 0 Å². The Kier molecular flexibility index (Phi) is 5.61. The molecule has 0 fully saturated rings. The van der Waals surface area contributed by atoms with Crippen LogP contribution in [0.25, 0.3) is 0 Å². The summed E-state index contributed by atoms with van der Waals surface area (Å²) in [5.41, 5.74) is -0.563. The Labute approximate surface area is 118 Å². The second kappa shape index (κ2) is 6.98. The fourth-order valence-electron chi connectivity index (χ4n) is 1.83. The Bertz CT molecular complexity index is 440. The lowest BCUT2D eigenvalue weighted by Gasteiger charge is -2.26. The van der Waals surface area contributed by atoms with Crippen LogP contribution in [-0.2, 0) is 11.2 Å². The van der Waals surface area contributed by atoms with E-state index in [-0.39, 0.29) is 18.5 Å². The summed E-state index contributed by atoms with van der Waals surface area (Å²) in [5, 5.41) is 14.2. The molecule has 0 aliphatic heterocycles. The summed E-state index contributed by atoms with van der Waals surface area (Å²) in [4.78, 5) is 22.4. The van der Waals surface area contributed by atoms with Gasteiger partial charge < -0.3 is 20.2 Å². The molecule has 0 aliphatic carbocycles. The highest BCUT2D eigenvalue weighted by atomic mass is 16.4. The second-order valence-corrected chi connectivity index (χ2v) is 5.56. The average molecular weight is 282 g/mol. The molecule has 0 saturated carbocycles. The molecule has 0 spiro atoms. The van der Waals surface area contributed by atoms with Crippen molar-refractivity contribution in [2.24, 2.45) is 0 Å². The van der Waals surface area contributed by atoms with Crippen LogP contribution < -0.4 is 10.6 Å². The molecule has 1 atom stereocenters. The van der Waals surface area contributed by atoms with Gasteiger partial charge in [-0.15, -0.1) is 0 Å². The quantitative estimate of drug-likeness (QED) is 0.714. The summed E-state index contributed by atoms with van der Waals surface area (Å²) in [5.74, 6) is -0.0607. The third-order valence-electron chi connectivity index (χ3n) is 2.88. The predicted octanol–water partition coefficient (Wildman–Crippen LogP) is 2.15. The van der Waals surface area contributed by atoms with E-state index in [2.05, 4.69) is 10.6 Å². The topological polar surface area (TPSA) is 91.6 Å². The smallest absolute Gasteiger partial charge is 0.315 e. The van der Waals surface area contributed by atoms with Crippen molar-refractivity contribution in [1.29, 1.82) is 0 Å². The maximum absolute atomic E-state index is 11.8. The fraction of sp³-hybridized carbons (Fsp3) is 0.571. The van der Waals surface area contributed by atoms with Gasteiger partial charge in [0.05, 0.1) is 6.26 Å². The summed E-state index contributed by atoms with van der Waals surface area (Å²) in [6, 6.07) is 3.28. The summed E-state index contributed by atoms with van der Waals surface area (Å²) in [7, 11) is 0. The fourth-order valence-corrected chi connectivity index (χ4v) is 1.83. The highest BCUT2D eigenvalue weighted by Crippen LogP contribution is 2.11. The minimum absolute atomic E-state index is 0.0230. The lowest BCUT2D eigenvalue weighted by Crippen LogP contribution is -2.51. The van der Waals surface area contributed by atoms with Gasteiger partial charge in [0.2, 0.25) is 0 Å². The van der Waals surface area contributed by atoms with E-state index in [9.17, 15) is 9.59 Å². The van der Waals surface area contributed by atoms with Crippen LogP contribution in [0.3, 0.4) is 0 Å². The molecule has 6 nitrogen and oxygen atoms in total. The zero-order valence-corrected chi connectivity index (χ0v) is 12.1. The van der Waals surface area contributed by atoms with Gasteiger partial charge in [0.15, 0.2) is 0 Å². The van der Waals surface area contributed by atoms with Gasteiger partial charge in [-0.3, -0.25) is 4.79 Å². The van der Waals surface area contributed by atoms with Crippen molar-refractivity contribution in [3.05, 3.63) is 24.2 Å². The first kappa shape index (κ1) is 16.1. The number of furan rings is 1. The molecule has 112 valence electrons. The first-order valence-corrected chi connectivity index (χ1v) is 6.61. The van der Waals surface area contributed by atoms with Crippen molar-refractivity contribution >= 4 is 12.0 Å². The van der Waals surface area contributed by atoms with Crippen LogP contribution in [0.1, 0.15) is 39.4 Å². The van der Waals surface area contributed by atoms with Gasteiger partial charge >= 0.3 is 12.0 Å². The highest BCUT2D eigenvalue weighted by molar-refractivity contribution is 5.75. The Hall–Kier alpha value is -1.98. The number of hydrogen-bond acceptors (Lipinski definition) is 3. The van der Waals surface area contributed by atoms with E-state index in [0.29, 0.717) is 12.8 Å². The van der Waals surface area contributed by atoms with Crippen LogP contribution in [0.5, 0.6) is 0 Å². The Morgan fingerprint density at radius 3 is 2.70 bits per heavy atom. The van der Waals surface area contributed by atoms with Gasteiger partial charge in [-0.1, -0.05) is 0 Å². The maximum atomic E-state index is 11.8. The predicted molar refractivity (Wildman–Crippen MR) is 74.5 cm³/mol. The minimum atomic E-state index is -0.869. The summed E-state index contributed by atoms with van der Waals surface area (Å²) >= 11 is 0. The number of carboxylic acid groups (broad SMARTS) is 1. The van der Waals surface area contributed by atoms with Crippen molar-refractivity contribution in [2.45, 2.75) is 51.6 Å². The van der Waals surface area contributed by atoms with Gasteiger partial charge in [-0.05, 0) is 39.3 Å². The number of carboxylic acids is 1. The zero-order valence-electron chi connectivity index (χ0n) is 12.1. The molecule has 0 bridgehead atoms. The molecule has 1 heterocycles. The minimum Gasteiger partial charge on any atom is -0.481 e. The Balaban J connectivity index is 2.36. The first-order chi connectivity index (χ1) is 9.28. The van der Waals surface area contributed by atoms with Crippen LogP contribution in [0.2, 0.25) is 0 Å². The van der Waals surface area contributed by atoms with Crippen LogP contribution in [-0.4, -0.2) is 28.7 Å². The molecule has 1 aromatic heterocycles. The average Bonchev–Trinajstić information content (AvgIpc) is 2.78.